The van der Waals surface area contributed by atoms with Gasteiger partial charge in [-0.05, 0) is 12.0 Å². The van der Waals surface area contributed by atoms with Crippen LogP contribution in [0.25, 0.3) is 0 Å². The summed E-state index contributed by atoms with van der Waals surface area (Å²) in [6.07, 6.45) is 0.119. The zero-order chi connectivity index (χ0) is 17.7. The molecule has 8 nitrogen and oxygen atoms in total. The van der Waals surface area contributed by atoms with Gasteiger partial charge in [0.2, 0.25) is 5.91 Å². The molecule has 1 heterocycles. The van der Waals surface area contributed by atoms with E-state index in [0.717, 1.165) is 4.90 Å². The maximum Gasteiger partial charge on any atom is 0.325 e. The van der Waals surface area contributed by atoms with Gasteiger partial charge in [0.05, 0.1) is 6.42 Å². The molecule has 1 aliphatic heterocycles. The van der Waals surface area contributed by atoms with Gasteiger partial charge >= 0.3 is 12.0 Å². The molecule has 2 rings (SSSR count). The fraction of sp³-hybridized carbons (Fsp3) is 0.375. The Morgan fingerprint density at radius 1 is 1.25 bits per heavy atom. The van der Waals surface area contributed by atoms with Gasteiger partial charge in [0.15, 0.2) is 0 Å². The Morgan fingerprint density at radius 2 is 1.92 bits per heavy atom. The number of nitrogens with zero attached hydrogens (tertiary/aromatic N) is 1. The Kier molecular flexibility index (Phi) is 5.18. The molecule has 1 aliphatic rings. The van der Waals surface area contributed by atoms with Crippen molar-refractivity contribution in [3.05, 3.63) is 35.9 Å². The SMILES string of the molecule is CC[C@@]1(c2ccccc2)NC(=O)N(CC(=O)NCCC(=O)O)C1=O. The van der Waals surface area contributed by atoms with Crippen LogP contribution in [0.5, 0.6) is 0 Å². The third-order valence-corrected chi connectivity index (χ3v) is 3.94. The zero-order valence-corrected chi connectivity index (χ0v) is 13.2. The normalized spacial score (nSPS) is 20.0. The van der Waals surface area contributed by atoms with Gasteiger partial charge in [-0.25, -0.2) is 4.79 Å². The highest BCUT2D eigenvalue weighted by Gasteiger charge is 2.51. The van der Waals surface area contributed by atoms with Gasteiger partial charge in [-0.2, -0.15) is 0 Å². The molecule has 0 saturated carbocycles. The highest BCUT2D eigenvalue weighted by Crippen LogP contribution is 2.32. The predicted octanol–water partition coefficient (Wildman–Crippen LogP) is 0.435. The van der Waals surface area contributed by atoms with Gasteiger partial charge in [-0.1, -0.05) is 37.3 Å². The quantitative estimate of drug-likeness (QED) is 0.626. The van der Waals surface area contributed by atoms with Crippen molar-refractivity contribution in [1.82, 2.24) is 15.5 Å². The minimum atomic E-state index is -1.18. The highest BCUT2D eigenvalue weighted by molar-refractivity contribution is 6.09. The first-order valence-electron chi connectivity index (χ1n) is 7.59. The Labute approximate surface area is 138 Å². The monoisotopic (exact) mass is 333 g/mol. The zero-order valence-electron chi connectivity index (χ0n) is 13.2. The molecule has 1 aromatic rings. The highest BCUT2D eigenvalue weighted by atomic mass is 16.4. The number of hydrogen-bond donors (Lipinski definition) is 3. The standard InChI is InChI=1S/C16H19N3O5/c1-2-16(11-6-4-3-5-7-11)14(23)19(15(24)18-16)10-12(20)17-9-8-13(21)22/h3-7H,2,8-10H2,1H3,(H,17,20)(H,18,24)(H,21,22)/t16-/m0/s1. The van der Waals surface area contributed by atoms with Crippen LogP contribution in [0.4, 0.5) is 4.79 Å². The van der Waals surface area contributed by atoms with Crippen molar-refractivity contribution in [2.75, 3.05) is 13.1 Å². The molecule has 1 fully saturated rings. The maximum atomic E-state index is 12.8. The minimum Gasteiger partial charge on any atom is -0.481 e. The molecule has 0 aliphatic carbocycles. The number of benzene rings is 1. The summed E-state index contributed by atoms with van der Waals surface area (Å²) in [5.74, 6) is -2.12. The first kappa shape index (κ1) is 17.5. The number of carbonyl (C=O) groups excluding carboxylic acids is 3. The van der Waals surface area contributed by atoms with Crippen molar-refractivity contribution in [3.63, 3.8) is 0 Å². The predicted molar refractivity (Wildman–Crippen MR) is 83.9 cm³/mol. The van der Waals surface area contributed by atoms with Crippen LogP contribution >= 0.6 is 0 Å². The summed E-state index contributed by atoms with van der Waals surface area (Å²) in [4.78, 5) is 48.0. The number of nitrogens with one attached hydrogen (secondary N) is 2. The van der Waals surface area contributed by atoms with Crippen LogP contribution in [0.2, 0.25) is 0 Å². The topological polar surface area (TPSA) is 116 Å². The van der Waals surface area contributed by atoms with E-state index in [2.05, 4.69) is 10.6 Å². The van der Waals surface area contributed by atoms with E-state index in [1.54, 1.807) is 31.2 Å². The number of hydrogen-bond acceptors (Lipinski definition) is 4. The summed E-state index contributed by atoms with van der Waals surface area (Å²) >= 11 is 0. The first-order valence-corrected chi connectivity index (χ1v) is 7.59. The Hall–Kier alpha value is -2.90. The van der Waals surface area contributed by atoms with E-state index in [4.69, 9.17) is 5.11 Å². The van der Waals surface area contributed by atoms with Crippen molar-refractivity contribution in [3.8, 4) is 0 Å². The van der Waals surface area contributed by atoms with E-state index < -0.39 is 35.9 Å². The molecule has 8 heteroatoms. The van der Waals surface area contributed by atoms with Crippen LogP contribution in [0.1, 0.15) is 25.3 Å². The molecular weight excluding hydrogens is 314 g/mol. The molecule has 1 atom stereocenters. The van der Waals surface area contributed by atoms with Crippen LogP contribution in [0.15, 0.2) is 30.3 Å². The van der Waals surface area contributed by atoms with E-state index in [-0.39, 0.29) is 13.0 Å². The molecular formula is C16H19N3O5. The van der Waals surface area contributed by atoms with Crippen LogP contribution in [0.3, 0.4) is 0 Å². The number of imide groups is 1. The molecule has 0 unspecified atom stereocenters. The smallest absolute Gasteiger partial charge is 0.325 e. The average Bonchev–Trinajstić information content (AvgIpc) is 2.80. The Bertz CT molecular complexity index is 661. The van der Waals surface area contributed by atoms with E-state index in [0.29, 0.717) is 12.0 Å². The molecule has 0 radical (unpaired) electrons. The third-order valence-electron chi connectivity index (χ3n) is 3.94. The lowest BCUT2D eigenvalue weighted by atomic mass is 9.87. The second kappa shape index (κ2) is 7.12. The molecule has 1 saturated heterocycles. The van der Waals surface area contributed by atoms with E-state index >= 15 is 0 Å². The molecule has 1 aromatic carbocycles. The first-order chi connectivity index (χ1) is 11.4. The van der Waals surface area contributed by atoms with Crippen LogP contribution in [0, 0.1) is 0 Å². The van der Waals surface area contributed by atoms with Crippen LogP contribution < -0.4 is 10.6 Å². The van der Waals surface area contributed by atoms with Crippen molar-refractivity contribution >= 4 is 23.8 Å². The van der Waals surface area contributed by atoms with Gasteiger partial charge in [0, 0.05) is 6.54 Å². The summed E-state index contributed by atoms with van der Waals surface area (Å²) in [6.45, 7) is 1.27. The molecule has 128 valence electrons. The molecule has 0 spiro atoms. The van der Waals surface area contributed by atoms with Gasteiger partial charge in [-0.3, -0.25) is 19.3 Å². The number of carboxylic acid groups (broad SMARTS) is 1. The lowest BCUT2D eigenvalue weighted by Gasteiger charge is -2.25. The van der Waals surface area contributed by atoms with Crippen molar-refractivity contribution in [1.29, 1.82) is 0 Å². The van der Waals surface area contributed by atoms with Crippen molar-refractivity contribution in [2.45, 2.75) is 25.3 Å². The van der Waals surface area contributed by atoms with Crippen LogP contribution in [-0.4, -0.2) is 46.9 Å². The van der Waals surface area contributed by atoms with Gasteiger partial charge in [-0.15, -0.1) is 0 Å². The van der Waals surface area contributed by atoms with Crippen LogP contribution in [-0.2, 0) is 19.9 Å². The van der Waals surface area contributed by atoms with Crippen molar-refractivity contribution in [2.24, 2.45) is 0 Å². The van der Waals surface area contributed by atoms with E-state index in [1.165, 1.54) is 0 Å². The van der Waals surface area contributed by atoms with E-state index in [1.807, 2.05) is 6.07 Å². The maximum absolute atomic E-state index is 12.8. The second-order valence-electron chi connectivity index (χ2n) is 5.44. The number of rotatable bonds is 7. The number of urea groups is 1. The summed E-state index contributed by atoms with van der Waals surface area (Å²) in [5.41, 5.74) is -0.528. The third kappa shape index (κ3) is 3.37. The fourth-order valence-corrected chi connectivity index (χ4v) is 2.64. The van der Waals surface area contributed by atoms with Crippen molar-refractivity contribution < 1.29 is 24.3 Å². The summed E-state index contributed by atoms with van der Waals surface area (Å²) in [5, 5.41) is 13.6. The lowest BCUT2D eigenvalue weighted by Crippen LogP contribution is -2.45. The Balaban J connectivity index is 2.11. The lowest BCUT2D eigenvalue weighted by molar-refractivity contribution is -0.137. The molecule has 3 N–H and O–H groups in total. The van der Waals surface area contributed by atoms with Gasteiger partial charge < -0.3 is 15.7 Å². The fourth-order valence-electron chi connectivity index (χ4n) is 2.64. The summed E-state index contributed by atoms with van der Waals surface area (Å²) in [7, 11) is 0. The number of aliphatic carboxylic acids is 1. The number of carbonyl (C=O) groups is 4. The molecule has 4 amide bonds. The van der Waals surface area contributed by atoms with Gasteiger partial charge in [0.1, 0.15) is 12.1 Å². The minimum absolute atomic E-state index is 0.0601. The largest absolute Gasteiger partial charge is 0.481 e. The number of carboxylic acids is 1. The molecule has 24 heavy (non-hydrogen) atoms. The average molecular weight is 333 g/mol. The number of amides is 4. The second-order valence-corrected chi connectivity index (χ2v) is 5.44. The Morgan fingerprint density at radius 3 is 2.50 bits per heavy atom. The molecule has 0 bridgehead atoms. The van der Waals surface area contributed by atoms with Gasteiger partial charge in [0.25, 0.3) is 5.91 Å². The summed E-state index contributed by atoms with van der Waals surface area (Å²) in [6, 6.07) is 8.21. The summed E-state index contributed by atoms with van der Waals surface area (Å²) < 4.78 is 0. The molecule has 0 aromatic heterocycles. The van der Waals surface area contributed by atoms with E-state index in [9.17, 15) is 19.2 Å².